The molecule has 0 amide bonds. The van der Waals surface area contributed by atoms with Crippen molar-refractivity contribution in [3.63, 3.8) is 0 Å². The molecule has 3 heterocycles. The summed E-state index contributed by atoms with van der Waals surface area (Å²) in [5.74, 6) is -0.383. The number of esters is 1. The molecule has 198 valence electrons. The molecule has 2 aliphatic rings. The second-order valence-corrected chi connectivity index (χ2v) is 11.6. The van der Waals surface area contributed by atoms with E-state index in [1.165, 1.54) is 29.7 Å². The molecule has 1 unspecified atom stereocenters. The number of anilines is 1. The fourth-order valence-electron chi connectivity index (χ4n) is 4.90. The average molecular weight is 539 g/mol. The SMILES string of the molecule is COC(=O)C1CN(c2ccc3c(cnn3-c3ccc(F)cc3)c2)CCN1S(=O)(=O)c1cnn(CC2CC2)c1. The molecule has 1 aliphatic carbocycles. The molecule has 0 radical (unpaired) electrons. The minimum atomic E-state index is -3.95. The summed E-state index contributed by atoms with van der Waals surface area (Å²) < 4.78 is 50.0. The van der Waals surface area contributed by atoms with Gasteiger partial charge in [0.25, 0.3) is 0 Å². The predicted octanol–water partition coefficient (Wildman–Crippen LogP) is 2.82. The highest BCUT2D eigenvalue weighted by atomic mass is 32.2. The van der Waals surface area contributed by atoms with E-state index in [1.807, 2.05) is 23.1 Å². The van der Waals surface area contributed by atoms with Crippen molar-refractivity contribution in [1.29, 1.82) is 0 Å². The Morgan fingerprint density at radius 3 is 2.55 bits per heavy atom. The Labute approximate surface area is 219 Å². The molecule has 12 heteroatoms. The predicted molar refractivity (Wildman–Crippen MR) is 138 cm³/mol. The number of sulfonamides is 1. The van der Waals surface area contributed by atoms with Gasteiger partial charge in [-0.05, 0) is 61.2 Å². The second kappa shape index (κ2) is 9.52. The summed E-state index contributed by atoms with van der Waals surface area (Å²) in [6.07, 6.45) is 6.88. The number of rotatable bonds is 7. The Morgan fingerprint density at radius 1 is 1.05 bits per heavy atom. The van der Waals surface area contributed by atoms with Gasteiger partial charge in [0.15, 0.2) is 0 Å². The molecule has 2 aromatic carbocycles. The molecule has 4 aromatic rings. The third kappa shape index (κ3) is 4.54. The van der Waals surface area contributed by atoms with Crippen molar-refractivity contribution in [3.05, 3.63) is 66.9 Å². The first-order valence-corrected chi connectivity index (χ1v) is 13.9. The minimum absolute atomic E-state index is 0.0788. The van der Waals surface area contributed by atoms with Crippen LogP contribution in [0.25, 0.3) is 16.6 Å². The molecule has 0 bridgehead atoms. The number of hydrogen-bond acceptors (Lipinski definition) is 7. The normalized spacial score (nSPS) is 18.7. The zero-order valence-electron chi connectivity index (χ0n) is 20.8. The first kappa shape index (κ1) is 24.6. The van der Waals surface area contributed by atoms with E-state index in [2.05, 4.69) is 10.2 Å². The van der Waals surface area contributed by atoms with E-state index >= 15 is 0 Å². The van der Waals surface area contributed by atoms with Crippen molar-refractivity contribution in [1.82, 2.24) is 23.9 Å². The molecule has 1 aliphatic heterocycles. The van der Waals surface area contributed by atoms with E-state index in [1.54, 1.807) is 33.9 Å². The van der Waals surface area contributed by atoms with Crippen molar-refractivity contribution in [2.75, 3.05) is 31.6 Å². The van der Waals surface area contributed by atoms with Crippen molar-refractivity contribution in [2.24, 2.45) is 5.92 Å². The topological polar surface area (TPSA) is 103 Å². The number of benzene rings is 2. The van der Waals surface area contributed by atoms with Crippen LogP contribution in [-0.2, 0) is 26.1 Å². The number of piperazine rings is 1. The van der Waals surface area contributed by atoms with Gasteiger partial charge in [-0.25, -0.2) is 17.5 Å². The molecule has 0 N–H and O–H groups in total. The van der Waals surface area contributed by atoms with Crippen molar-refractivity contribution in [2.45, 2.75) is 30.3 Å². The minimum Gasteiger partial charge on any atom is -0.468 e. The van der Waals surface area contributed by atoms with Gasteiger partial charge in [-0.1, -0.05) is 0 Å². The second-order valence-electron chi connectivity index (χ2n) is 9.72. The largest absolute Gasteiger partial charge is 0.468 e. The Hall–Kier alpha value is -3.77. The van der Waals surface area contributed by atoms with Gasteiger partial charge in [-0.2, -0.15) is 14.5 Å². The number of halogens is 1. The highest BCUT2D eigenvalue weighted by molar-refractivity contribution is 7.89. The lowest BCUT2D eigenvalue weighted by Crippen LogP contribution is -2.58. The van der Waals surface area contributed by atoms with E-state index in [0.717, 1.165) is 35.1 Å². The zero-order chi connectivity index (χ0) is 26.4. The van der Waals surface area contributed by atoms with Crippen molar-refractivity contribution in [3.8, 4) is 5.69 Å². The summed E-state index contributed by atoms with van der Waals surface area (Å²) in [5, 5.41) is 9.53. The standard InChI is InChI=1S/C26H27FN6O4S/c1-37-26(34)25-17-30(10-11-32(25)38(35,36)23-14-28-31(16-23)15-18-2-3-18)22-8-9-24-19(12-22)13-29-33(24)21-6-4-20(27)5-7-21/h4-9,12-14,16,18,25H,2-3,10-11,15,17H2,1H3. The molecular weight excluding hydrogens is 511 g/mol. The lowest BCUT2D eigenvalue weighted by atomic mass is 10.1. The monoisotopic (exact) mass is 538 g/mol. The van der Waals surface area contributed by atoms with Gasteiger partial charge in [0.1, 0.15) is 16.8 Å². The maximum absolute atomic E-state index is 13.5. The molecule has 10 nitrogen and oxygen atoms in total. The summed E-state index contributed by atoms with van der Waals surface area (Å²) >= 11 is 0. The van der Waals surface area contributed by atoms with Crippen LogP contribution in [0.4, 0.5) is 10.1 Å². The van der Waals surface area contributed by atoms with E-state index in [9.17, 15) is 17.6 Å². The first-order valence-electron chi connectivity index (χ1n) is 12.4. The van der Waals surface area contributed by atoms with E-state index in [0.29, 0.717) is 19.0 Å². The smallest absolute Gasteiger partial charge is 0.326 e. The van der Waals surface area contributed by atoms with Crippen LogP contribution < -0.4 is 4.90 Å². The van der Waals surface area contributed by atoms with Gasteiger partial charge in [0, 0.05) is 43.4 Å². The number of hydrogen-bond donors (Lipinski definition) is 0. The Kier molecular flexibility index (Phi) is 6.15. The number of ether oxygens (including phenoxy) is 1. The number of nitrogens with zero attached hydrogens (tertiary/aromatic N) is 6. The van der Waals surface area contributed by atoms with E-state index in [-0.39, 0.29) is 23.8 Å². The van der Waals surface area contributed by atoms with Crippen LogP contribution in [-0.4, -0.2) is 71.0 Å². The van der Waals surface area contributed by atoms with Crippen molar-refractivity contribution >= 4 is 32.6 Å². The van der Waals surface area contributed by atoms with Crippen LogP contribution in [0.15, 0.2) is 66.0 Å². The third-order valence-corrected chi connectivity index (χ3v) is 9.01. The lowest BCUT2D eigenvalue weighted by molar-refractivity contribution is -0.145. The molecule has 1 atom stereocenters. The van der Waals surface area contributed by atoms with Gasteiger partial charge in [0.2, 0.25) is 10.0 Å². The number of carbonyl (C=O) groups excluding carboxylic acids is 1. The van der Waals surface area contributed by atoms with Crippen LogP contribution in [0.3, 0.4) is 0 Å². The van der Waals surface area contributed by atoms with E-state index < -0.39 is 22.0 Å². The lowest BCUT2D eigenvalue weighted by Gasteiger charge is -2.39. The van der Waals surface area contributed by atoms with Crippen LogP contribution in [0.2, 0.25) is 0 Å². The van der Waals surface area contributed by atoms with Crippen LogP contribution in [0, 0.1) is 11.7 Å². The average Bonchev–Trinajstić information content (AvgIpc) is 3.43. The van der Waals surface area contributed by atoms with Gasteiger partial charge in [-0.15, -0.1) is 0 Å². The highest BCUT2D eigenvalue weighted by Crippen LogP contribution is 2.31. The number of carbonyl (C=O) groups is 1. The maximum Gasteiger partial charge on any atom is 0.326 e. The molecule has 6 rings (SSSR count). The van der Waals surface area contributed by atoms with Gasteiger partial charge in [0.05, 0.1) is 30.7 Å². The molecule has 2 fully saturated rings. The number of fused-ring (bicyclic) bond motifs is 1. The number of aromatic nitrogens is 4. The fourth-order valence-corrected chi connectivity index (χ4v) is 6.42. The summed E-state index contributed by atoms with van der Waals surface area (Å²) in [4.78, 5) is 14.8. The summed E-state index contributed by atoms with van der Waals surface area (Å²) in [7, 11) is -2.69. The molecule has 38 heavy (non-hydrogen) atoms. The highest BCUT2D eigenvalue weighted by Gasteiger charge is 2.41. The van der Waals surface area contributed by atoms with Crippen LogP contribution >= 0.6 is 0 Å². The summed E-state index contributed by atoms with van der Waals surface area (Å²) in [6.45, 7) is 1.34. The van der Waals surface area contributed by atoms with Gasteiger partial charge < -0.3 is 9.64 Å². The fraction of sp³-hybridized carbons (Fsp3) is 0.346. The Morgan fingerprint density at radius 2 is 1.82 bits per heavy atom. The van der Waals surface area contributed by atoms with E-state index in [4.69, 9.17) is 4.74 Å². The zero-order valence-corrected chi connectivity index (χ0v) is 21.6. The van der Waals surface area contributed by atoms with Crippen LogP contribution in [0.1, 0.15) is 12.8 Å². The van der Waals surface area contributed by atoms with Crippen molar-refractivity contribution < 1.29 is 22.3 Å². The molecule has 1 saturated carbocycles. The first-order chi connectivity index (χ1) is 18.3. The molecule has 0 spiro atoms. The molecular formula is C26H27FN6O4S. The molecule has 1 saturated heterocycles. The van der Waals surface area contributed by atoms with Crippen LogP contribution in [0.5, 0.6) is 0 Å². The maximum atomic E-state index is 13.5. The number of methoxy groups -OCH3 is 1. The Bertz CT molecular complexity index is 1600. The molecule has 2 aromatic heterocycles. The third-order valence-electron chi connectivity index (χ3n) is 7.15. The summed E-state index contributed by atoms with van der Waals surface area (Å²) in [6, 6.07) is 10.8. The Balaban J connectivity index is 1.25. The summed E-state index contributed by atoms with van der Waals surface area (Å²) in [5.41, 5.74) is 2.41. The quantitative estimate of drug-likeness (QED) is 0.334. The van der Waals surface area contributed by atoms with Gasteiger partial charge in [-0.3, -0.25) is 9.48 Å². The van der Waals surface area contributed by atoms with Gasteiger partial charge >= 0.3 is 5.97 Å².